The van der Waals surface area contributed by atoms with Gasteiger partial charge in [-0.05, 0) is 43.4 Å². The first-order chi connectivity index (χ1) is 28.7. The molecule has 0 amide bonds. The van der Waals surface area contributed by atoms with Crippen molar-refractivity contribution in [3.63, 3.8) is 0 Å². The molecule has 1 unspecified atom stereocenters. The number of benzene rings is 3. The van der Waals surface area contributed by atoms with Gasteiger partial charge in [0.1, 0.15) is 42.3 Å². The van der Waals surface area contributed by atoms with Gasteiger partial charge in [-0.1, -0.05) is 66.7 Å². The smallest absolute Gasteiger partial charge is 0.330 e. The number of esters is 1. The second kappa shape index (κ2) is 16.6. The molecule has 17 nitrogen and oxygen atoms in total. The Morgan fingerprint density at radius 1 is 0.783 bits per heavy atom. The predicted octanol–water partition coefficient (Wildman–Crippen LogP) is 3.94. The number of para-hydroxylation sites is 2. The van der Waals surface area contributed by atoms with Crippen molar-refractivity contribution in [1.29, 1.82) is 0 Å². The second-order valence-corrected chi connectivity index (χ2v) is 17.5. The number of aryl methyl sites for hydroxylation is 2. The first-order valence-corrected chi connectivity index (χ1v) is 21.7. The highest BCUT2D eigenvalue weighted by Crippen LogP contribution is 2.54. The van der Waals surface area contributed by atoms with Crippen molar-refractivity contribution in [2.75, 3.05) is 13.2 Å². The SMILES string of the molecule is CC(=O)O[C@H]1C[C@H](n2cc(C)c(=O)[nH]c2=O)O[C@@H]1COP(O)(=S)O[C@H]1C[C@H](n2cc(C)c(=O)[nH]c2=O)O[C@@H]1COC1(c2ccccc2)c2ccccc2Oc2ccccc21. The van der Waals surface area contributed by atoms with Gasteiger partial charge in [0.15, 0.2) is 5.60 Å². The summed E-state index contributed by atoms with van der Waals surface area (Å²) < 4.78 is 45.9. The van der Waals surface area contributed by atoms with E-state index in [9.17, 15) is 28.9 Å². The maximum absolute atomic E-state index is 13.1. The maximum Gasteiger partial charge on any atom is 0.330 e. The van der Waals surface area contributed by atoms with Gasteiger partial charge in [0.2, 0.25) is 0 Å². The number of hydrogen-bond donors (Lipinski definition) is 3. The summed E-state index contributed by atoms with van der Waals surface area (Å²) >= 11 is 5.54. The Morgan fingerprint density at radius 2 is 1.28 bits per heavy atom. The first-order valence-electron chi connectivity index (χ1n) is 19.1. The molecule has 8 rings (SSSR count). The van der Waals surface area contributed by atoms with Crippen LogP contribution in [0.15, 0.2) is 110 Å². The lowest BCUT2D eigenvalue weighted by molar-refractivity contribution is -0.150. The van der Waals surface area contributed by atoms with Crippen LogP contribution in [-0.2, 0) is 50.2 Å². The highest BCUT2D eigenvalue weighted by atomic mass is 32.5. The fourth-order valence-electron chi connectivity index (χ4n) is 7.85. The maximum atomic E-state index is 13.1. The zero-order valence-corrected chi connectivity index (χ0v) is 34.3. The number of H-pyrrole nitrogens is 2. The second-order valence-electron chi connectivity index (χ2n) is 14.7. The predicted molar refractivity (Wildman–Crippen MR) is 217 cm³/mol. The minimum Gasteiger partial charge on any atom is -0.460 e. The Hall–Kier alpha value is -5.30. The molecule has 0 spiro atoms. The molecule has 3 aromatic carbocycles. The van der Waals surface area contributed by atoms with Gasteiger partial charge in [-0.3, -0.25) is 33.5 Å². The van der Waals surface area contributed by atoms with E-state index in [2.05, 4.69) is 9.97 Å². The van der Waals surface area contributed by atoms with Crippen LogP contribution in [0, 0.1) is 13.8 Å². The Balaban J connectivity index is 1.09. The molecule has 2 fully saturated rings. The van der Waals surface area contributed by atoms with Crippen LogP contribution in [0.4, 0.5) is 0 Å². The quantitative estimate of drug-likeness (QED) is 0.120. The van der Waals surface area contributed by atoms with Gasteiger partial charge in [-0.15, -0.1) is 0 Å². The fourth-order valence-corrected chi connectivity index (χ4v) is 9.32. The molecule has 3 aliphatic heterocycles. The van der Waals surface area contributed by atoms with Crippen molar-refractivity contribution >= 4 is 24.5 Å². The summed E-state index contributed by atoms with van der Waals surface area (Å²) in [6, 6.07) is 24.7. The Bertz CT molecular complexity index is 2670. The van der Waals surface area contributed by atoms with Crippen LogP contribution < -0.4 is 27.2 Å². The molecular formula is C41H41N4O13PS. The number of nitrogens with zero attached hydrogens (tertiary/aromatic N) is 2. The Morgan fingerprint density at radius 3 is 1.83 bits per heavy atom. The normalized spacial score (nSPS) is 23.9. The van der Waals surface area contributed by atoms with Gasteiger partial charge in [0, 0.05) is 54.4 Å². The third-order valence-corrected chi connectivity index (χ3v) is 12.2. The number of ether oxygens (including phenoxy) is 5. The summed E-state index contributed by atoms with van der Waals surface area (Å²) in [7, 11) is 0. The molecule has 0 saturated carbocycles. The lowest BCUT2D eigenvalue weighted by atomic mass is 9.77. The number of hydrogen-bond acceptors (Lipinski definition) is 13. The molecule has 0 radical (unpaired) electrons. The molecule has 2 saturated heterocycles. The average molecular weight is 861 g/mol. The molecule has 7 atom stereocenters. The van der Waals surface area contributed by atoms with Crippen molar-refractivity contribution in [2.24, 2.45) is 0 Å². The van der Waals surface area contributed by atoms with Crippen molar-refractivity contribution in [3.8, 4) is 11.5 Å². The lowest BCUT2D eigenvalue weighted by Crippen LogP contribution is -2.40. The number of aromatic nitrogens is 4. The molecule has 2 aromatic heterocycles. The molecule has 314 valence electrons. The third kappa shape index (κ3) is 8.12. The van der Waals surface area contributed by atoms with Crippen molar-refractivity contribution in [1.82, 2.24) is 19.1 Å². The summed E-state index contributed by atoms with van der Waals surface area (Å²) in [4.78, 5) is 78.3. The van der Waals surface area contributed by atoms with Crippen LogP contribution in [0.1, 0.15) is 60.0 Å². The molecule has 60 heavy (non-hydrogen) atoms. The standard InChI is InChI=1S/C41H41N4O13PS/c1-23-19-44(39(49)42-37(23)47)35-17-31(54-25(3)46)34(57-35)22-53-59(51,60)58-32-18-36(45-20-24(2)38(48)43-40(45)50)56-33(32)21-52-41(26-11-5-4-6-12-26)27-13-7-9-15-29(27)55-30-16-10-8-14-28(30)41/h4-16,19-20,31-36H,17-18,21-22H2,1-3H3,(H,51,60)(H,42,47,49)(H,43,48,50)/t31-,32-,33+,34+,35+,36+,59?/m0/s1. The van der Waals surface area contributed by atoms with E-state index in [1.54, 1.807) is 6.92 Å². The summed E-state index contributed by atoms with van der Waals surface area (Å²) in [5.74, 6) is 0.542. The molecule has 3 aliphatic rings. The highest BCUT2D eigenvalue weighted by Gasteiger charge is 2.48. The summed E-state index contributed by atoms with van der Waals surface area (Å²) in [6.45, 7) is -0.482. The summed E-state index contributed by atoms with van der Waals surface area (Å²) in [5, 5.41) is 0. The van der Waals surface area contributed by atoms with Crippen LogP contribution in [0.3, 0.4) is 0 Å². The Labute approximate surface area is 346 Å². The zero-order valence-electron chi connectivity index (χ0n) is 32.5. The topological polar surface area (TPSA) is 212 Å². The monoisotopic (exact) mass is 860 g/mol. The fraction of sp³-hybridized carbons (Fsp3) is 0.341. The minimum absolute atomic E-state index is 0.0249. The van der Waals surface area contributed by atoms with Crippen LogP contribution in [0.2, 0.25) is 0 Å². The number of aromatic amines is 2. The van der Waals surface area contributed by atoms with Crippen LogP contribution in [-0.4, -0.2) is 67.6 Å². The largest absolute Gasteiger partial charge is 0.460 e. The van der Waals surface area contributed by atoms with Crippen molar-refractivity contribution in [2.45, 2.75) is 76.1 Å². The molecule has 19 heteroatoms. The number of rotatable bonds is 12. The Kier molecular flexibility index (Phi) is 11.5. The number of carbonyl (C=O) groups excluding carboxylic acids is 1. The van der Waals surface area contributed by atoms with Crippen molar-refractivity contribution in [3.05, 3.63) is 161 Å². The van der Waals surface area contributed by atoms with Gasteiger partial charge >= 0.3 is 24.1 Å². The van der Waals surface area contributed by atoms with E-state index in [1.165, 1.54) is 35.4 Å². The third-order valence-electron chi connectivity index (χ3n) is 10.7. The molecule has 0 aliphatic carbocycles. The van der Waals surface area contributed by atoms with Crippen LogP contribution in [0.5, 0.6) is 11.5 Å². The highest BCUT2D eigenvalue weighted by molar-refractivity contribution is 8.07. The van der Waals surface area contributed by atoms with E-state index in [1.807, 2.05) is 78.9 Å². The van der Waals surface area contributed by atoms with E-state index >= 15 is 0 Å². The van der Waals surface area contributed by atoms with E-state index in [4.69, 9.17) is 44.5 Å². The van der Waals surface area contributed by atoms with Gasteiger partial charge in [-0.2, -0.15) is 0 Å². The van der Waals surface area contributed by atoms with Gasteiger partial charge in [0.25, 0.3) is 11.1 Å². The molecule has 5 aromatic rings. The molecule has 5 heterocycles. The zero-order chi connectivity index (χ0) is 42.3. The average Bonchev–Trinajstić information content (AvgIpc) is 3.81. The van der Waals surface area contributed by atoms with E-state index in [0.717, 1.165) is 16.7 Å². The molecular weight excluding hydrogens is 820 g/mol. The number of fused-ring (bicyclic) bond motifs is 2. The molecule has 0 bridgehead atoms. The lowest BCUT2D eigenvalue weighted by Gasteiger charge is -2.41. The van der Waals surface area contributed by atoms with Crippen LogP contribution in [0.25, 0.3) is 0 Å². The van der Waals surface area contributed by atoms with Gasteiger partial charge < -0.3 is 37.6 Å². The van der Waals surface area contributed by atoms with E-state index < -0.39 is 84.3 Å². The first kappa shape index (κ1) is 41.4. The molecule has 3 N–H and O–H groups in total. The summed E-state index contributed by atoms with van der Waals surface area (Å²) in [5.41, 5.74) is -1.01. The van der Waals surface area contributed by atoms with Gasteiger partial charge in [0.05, 0.1) is 19.3 Å². The van der Waals surface area contributed by atoms with E-state index in [0.29, 0.717) is 11.5 Å². The summed E-state index contributed by atoms with van der Waals surface area (Å²) in [6.07, 6.45) is -3.16. The van der Waals surface area contributed by atoms with Crippen LogP contribution >= 0.6 is 6.72 Å². The van der Waals surface area contributed by atoms with Gasteiger partial charge in [-0.25, -0.2) is 9.59 Å². The minimum atomic E-state index is -4.20. The number of carbonyl (C=O) groups is 1. The van der Waals surface area contributed by atoms with E-state index in [-0.39, 0.29) is 30.6 Å². The number of nitrogens with one attached hydrogen (secondary N) is 2. The van der Waals surface area contributed by atoms with Crippen molar-refractivity contribution < 1.29 is 42.4 Å².